The van der Waals surface area contributed by atoms with E-state index in [2.05, 4.69) is 25.6 Å². The fraction of sp³-hybridized carbons (Fsp3) is 0.556. The monoisotopic (exact) mass is 425 g/mol. The van der Waals surface area contributed by atoms with Gasteiger partial charge >= 0.3 is 6.18 Å². The zero-order chi connectivity index (χ0) is 21.6. The third-order valence-electron chi connectivity index (χ3n) is 5.58. The molecule has 30 heavy (non-hydrogen) atoms. The van der Waals surface area contributed by atoms with Gasteiger partial charge in [0.15, 0.2) is 0 Å². The van der Waals surface area contributed by atoms with Gasteiger partial charge in [0.05, 0.1) is 17.3 Å². The molecular formula is C18H22F3N7O2. The van der Waals surface area contributed by atoms with Gasteiger partial charge < -0.3 is 10.2 Å². The summed E-state index contributed by atoms with van der Waals surface area (Å²) in [6.45, 7) is 5.10. The number of hydrazine groups is 1. The van der Waals surface area contributed by atoms with E-state index in [1.165, 1.54) is 0 Å². The van der Waals surface area contributed by atoms with Crippen LogP contribution in [0.3, 0.4) is 0 Å². The van der Waals surface area contributed by atoms with Crippen LogP contribution in [-0.2, 0) is 6.18 Å². The Balaban J connectivity index is 1.57. The van der Waals surface area contributed by atoms with E-state index in [1.54, 1.807) is 6.92 Å². The number of aliphatic hydroxyl groups is 1. The van der Waals surface area contributed by atoms with Crippen LogP contribution in [0.2, 0.25) is 0 Å². The number of aryl methyl sites for hydroxylation is 1. The lowest BCUT2D eigenvalue weighted by atomic mass is 9.98. The summed E-state index contributed by atoms with van der Waals surface area (Å²) in [4.78, 5) is 10.1. The van der Waals surface area contributed by atoms with Crippen molar-refractivity contribution in [2.24, 2.45) is 0 Å². The summed E-state index contributed by atoms with van der Waals surface area (Å²) in [5.74, 6) is -0.458. The Morgan fingerprint density at radius 2 is 2.00 bits per heavy atom. The molecule has 2 aliphatic rings. The molecule has 2 saturated heterocycles. The molecule has 2 aromatic rings. The number of hydrogen-bond acceptors (Lipinski definition) is 9. The number of nitrogens with one attached hydrogen (secondary N) is 1. The summed E-state index contributed by atoms with van der Waals surface area (Å²) >= 11 is 0. The predicted molar refractivity (Wildman–Crippen MR) is 100.0 cm³/mol. The number of nitrogens with zero attached hydrogens (tertiary/aromatic N) is 6. The van der Waals surface area contributed by atoms with E-state index < -0.39 is 23.7 Å². The van der Waals surface area contributed by atoms with E-state index in [-0.39, 0.29) is 29.4 Å². The number of aliphatic hydroxyl groups excluding tert-OH is 1. The van der Waals surface area contributed by atoms with Gasteiger partial charge in [0.2, 0.25) is 0 Å². The number of fused-ring (bicyclic) bond motifs is 2. The summed E-state index contributed by atoms with van der Waals surface area (Å²) in [5, 5.41) is 30.4. The maximum Gasteiger partial charge on any atom is 0.418 e. The minimum atomic E-state index is -4.61. The summed E-state index contributed by atoms with van der Waals surface area (Å²) < 4.78 is 38.3. The second-order valence-corrected chi connectivity index (χ2v) is 7.62. The molecular weight excluding hydrogens is 403 g/mol. The van der Waals surface area contributed by atoms with E-state index in [0.717, 1.165) is 25.9 Å². The Morgan fingerprint density at radius 1 is 1.23 bits per heavy atom. The Labute approximate surface area is 170 Å². The fourth-order valence-electron chi connectivity index (χ4n) is 4.00. The van der Waals surface area contributed by atoms with Gasteiger partial charge in [-0.05, 0) is 32.8 Å². The number of alkyl halides is 3. The molecule has 12 heteroatoms. The van der Waals surface area contributed by atoms with Gasteiger partial charge in [0.1, 0.15) is 23.4 Å². The highest BCUT2D eigenvalue weighted by Gasteiger charge is 2.41. The summed E-state index contributed by atoms with van der Waals surface area (Å²) in [7, 11) is 0. The fourth-order valence-corrected chi connectivity index (χ4v) is 4.00. The zero-order valence-corrected chi connectivity index (χ0v) is 16.4. The number of piperidine rings is 1. The first-order valence-electron chi connectivity index (χ1n) is 9.60. The minimum Gasteiger partial charge on any atom is -0.506 e. The van der Waals surface area contributed by atoms with Crippen molar-refractivity contribution in [1.29, 1.82) is 0 Å². The SMILES string of the molecule is Cc1nc(NN2[C@@H]3CCCN(C3)[C@H](O)[C@H]2C)nnc1-c1ncc(C(F)(F)F)cc1O. The summed E-state index contributed by atoms with van der Waals surface area (Å²) in [6, 6.07) is 0.580. The molecule has 2 fully saturated rings. The molecule has 0 aliphatic carbocycles. The average molecular weight is 425 g/mol. The van der Waals surface area contributed by atoms with Crippen molar-refractivity contribution < 1.29 is 23.4 Å². The van der Waals surface area contributed by atoms with Gasteiger partial charge in [-0.15, -0.1) is 10.2 Å². The van der Waals surface area contributed by atoms with Crippen LogP contribution in [0.1, 0.15) is 31.0 Å². The molecule has 0 aromatic carbocycles. The van der Waals surface area contributed by atoms with Crippen molar-refractivity contribution in [3.05, 3.63) is 23.5 Å². The molecule has 0 radical (unpaired) electrons. The minimum absolute atomic E-state index is 0.0855. The van der Waals surface area contributed by atoms with Crippen molar-refractivity contribution in [3.8, 4) is 17.1 Å². The Bertz CT molecular complexity index is 940. The molecule has 3 N–H and O–H groups in total. The maximum absolute atomic E-state index is 12.8. The van der Waals surface area contributed by atoms with Crippen molar-refractivity contribution in [2.45, 2.75) is 51.2 Å². The van der Waals surface area contributed by atoms with Crippen molar-refractivity contribution in [2.75, 3.05) is 18.5 Å². The van der Waals surface area contributed by atoms with Crippen LogP contribution in [-0.4, -0.2) is 71.7 Å². The lowest BCUT2D eigenvalue weighted by molar-refractivity contribution is -0.137. The van der Waals surface area contributed by atoms with Crippen LogP contribution in [0.15, 0.2) is 12.3 Å². The Hall–Kier alpha value is -2.57. The van der Waals surface area contributed by atoms with Crippen molar-refractivity contribution in [1.82, 2.24) is 30.1 Å². The van der Waals surface area contributed by atoms with E-state index in [9.17, 15) is 23.4 Å². The van der Waals surface area contributed by atoms with Crippen LogP contribution in [0, 0.1) is 6.92 Å². The predicted octanol–water partition coefficient (Wildman–Crippen LogP) is 1.78. The van der Waals surface area contributed by atoms with Crippen LogP contribution in [0.4, 0.5) is 19.1 Å². The van der Waals surface area contributed by atoms with Crippen LogP contribution in [0.5, 0.6) is 5.75 Å². The smallest absolute Gasteiger partial charge is 0.418 e. The molecule has 2 aliphatic heterocycles. The first-order valence-corrected chi connectivity index (χ1v) is 9.60. The van der Waals surface area contributed by atoms with Gasteiger partial charge in [-0.3, -0.25) is 10.3 Å². The molecule has 0 spiro atoms. The van der Waals surface area contributed by atoms with E-state index >= 15 is 0 Å². The van der Waals surface area contributed by atoms with Crippen molar-refractivity contribution in [3.63, 3.8) is 0 Å². The second kappa shape index (κ2) is 7.60. The Morgan fingerprint density at radius 3 is 2.67 bits per heavy atom. The zero-order valence-electron chi connectivity index (χ0n) is 16.4. The summed E-state index contributed by atoms with van der Waals surface area (Å²) in [6.07, 6.45) is -2.65. The van der Waals surface area contributed by atoms with Crippen LogP contribution < -0.4 is 5.43 Å². The Kier molecular flexibility index (Phi) is 5.24. The van der Waals surface area contributed by atoms with Crippen LogP contribution >= 0.6 is 0 Å². The van der Waals surface area contributed by atoms with E-state index in [1.807, 2.05) is 16.8 Å². The first-order chi connectivity index (χ1) is 14.1. The van der Waals surface area contributed by atoms with Gasteiger partial charge in [-0.2, -0.15) is 13.2 Å². The number of piperazine rings is 1. The molecule has 162 valence electrons. The number of anilines is 1. The normalized spacial score (nSPS) is 27.1. The molecule has 4 rings (SSSR count). The molecule has 2 aromatic heterocycles. The largest absolute Gasteiger partial charge is 0.506 e. The van der Waals surface area contributed by atoms with Crippen molar-refractivity contribution >= 4 is 5.95 Å². The molecule has 9 nitrogen and oxygen atoms in total. The molecule has 4 heterocycles. The highest BCUT2D eigenvalue weighted by molar-refractivity contribution is 5.64. The number of aromatic hydroxyl groups is 1. The number of pyridine rings is 1. The molecule has 0 saturated carbocycles. The highest BCUT2D eigenvalue weighted by Crippen LogP contribution is 2.35. The van der Waals surface area contributed by atoms with Crippen LogP contribution in [0.25, 0.3) is 11.4 Å². The lowest BCUT2D eigenvalue weighted by Gasteiger charge is -2.51. The van der Waals surface area contributed by atoms with Gasteiger partial charge in [0.25, 0.3) is 5.95 Å². The molecule has 1 unspecified atom stereocenters. The molecule has 0 amide bonds. The summed E-state index contributed by atoms with van der Waals surface area (Å²) in [5.41, 5.74) is 2.35. The quantitative estimate of drug-likeness (QED) is 0.678. The number of rotatable bonds is 3. The lowest BCUT2D eigenvalue weighted by Crippen LogP contribution is -2.66. The standard InChI is InChI=1S/C18H22F3N7O2/c1-9-14(15-13(29)6-11(7-22-15)18(19,20)21)24-25-17(23-9)26-28-10(2)16(30)27-5-3-4-12(28)8-27/h6-7,10,12,16,29-30H,3-5,8H2,1-2H3,(H,23,25,26)/t10-,12-,16-/m1/s1. The average Bonchev–Trinajstić information content (AvgIpc) is 2.70. The number of aromatic nitrogens is 4. The third-order valence-corrected chi connectivity index (χ3v) is 5.58. The second-order valence-electron chi connectivity index (χ2n) is 7.62. The van der Waals surface area contributed by atoms with E-state index in [0.29, 0.717) is 18.0 Å². The maximum atomic E-state index is 12.8. The van der Waals surface area contributed by atoms with Gasteiger partial charge in [-0.25, -0.2) is 15.0 Å². The highest BCUT2D eigenvalue weighted by atomic mass is 19.4. The van der Waals surface area contributed by atoms with Gasteiger partial charge in [-0.1, -0.05) is 0 Å². The molecule has 4 atom stereocenters. The molecule has 2 bridgehead atoms. The number of halogens is 3. The topological polar surface area (TPSA) is 111 Å². The first kappa shape index (κ1) is 20.7. The third kappa shape index (κ3) is 3.77. The van der Waals surface area contributed by atoms with Gasteiger partial charge in [0, 0.05) is 25.3 Å². The number of hydrogen-bond donors (Lipinski definition) is 3. The van der Waals surface area contributed by atoms with E-state index in [4.69, 9.17) is 0 Å².